The summed E-state index contributed by atoms with van der Waals surface area (Å²) in [4.78, 5) is 14.3. The van der Waals surface area contributed by atoms with E-state index in [2.05, 4.69) is 0 Å². The van der Waals surface area contributed by atoms with Gasteiger partial charge in [0.15, 0.2) is 15.6 Å². The number of hydrogen-bond donors (Lipinski definition) is 0. The van der Waals surface area contributed by atoms with Crippen molar-refractivity contribution in [3.8, 4) is 0 Å². The first kappa shape index (κ1) is 24.3. The van der Waals surface area contributed by atoms with E-state index in [1.807, 2.05) is 13.8 Å². The van der Waals surface area contributed by atoms with E-state index in [4.69, 9.17) is 4.74 Å². The standard InChI is InChI=1S/C24H29F2NO4S/c1-15(2)32(29,30)14-18-5-7-20(8-6-18)23(28)11-19-9-21(25)24(22(26)10-19)27-12-16(3)31-17(4)13-27/h5-10,15-17H,11-14H2,1-4H3/t16-,17+. The van der Waals surface area contributed by atoms with Gasteiger partial charge in [-0.25, -0.2) is 17.2 Å². The van der Waals surface area contributed by atoms with E-state index >= 15 is 0 Å². The highest BCUT2D eigenvalue weighted by Crippen LogP contribution is 2.28. The summed E-state index contributed by atoms with van der Waals surface area (Å²) in [5.41, 5.74) is 1.09. The van der Waals surface area contributed by atoms with Crippen LogP contribution in [0.2, 0.25) is 0 Å². The molecule has 0 unspecified atom stereocenters. The first-order valence-electron chi connectivity index (χ1n) is 10.7. The fourth-order valence-electron chi connectivity index (χ4n) is 3.86. The number of rotatable bonds is 7. The minimum Gasteiger partial charge on any atom is -0.372 e. The van der Waals surface area contributed by atoms with Crippen molar-refractivity contribution < 1.29 is 26.7 Å². The van der Waals surface area contributed by atoms with Gasteiger partial charge in [0.2, 0.25) is 0 Å². The Hall–Kier alpha value is -2.32. The molecular weight excluding hydrogens is 436 g/mol. The van der Waals surface area contributed by atoms with E-state index in [1.54, 1.807) is 43.0 Å². The number of Topliss-reactive ketones (excluding diaryl/α,β-unsaturated/α-hetero) is 1. The van der Waals surface area contributed by atoms with Crippen LogP contribution in [-0.2, 0) is 26.7 Å². The van der Waals surface area contributed by atoms with E-state index in [1.165, 1.54) is 12.1 Å². The molecule has 174 valence electrons. The van der Waals surface area contributed by atoms with E-state index in [-0.39, 0.29) is 41.4 Å². The normalized spacial score (nSPS) is 19.4. The Kier molecular flexibility index (Phi) is 7.35. The molecule has 1 fully saturated rings. The maximum Gasteiger partial charge on any atom is 0.167 e. The minimum atomic E-state index is -3.24. The molecule has 2 aromatic carbocycles. The molecule has 2 atom stereocenters. The number of halogens is 2. The van der Waals surface area contributed by atoms with Gasteiger partial charge in [0.25, 0.3) is 0 Å². The molecule has 0 aromatic heterocycles. The summed E-state index contributed by atoms with van der Waals surface area (Å²) >= 11 is 0. The SMILES string of the molecule is CC(C)S(=O)(=O)Cc1ccc(C(=O)Cc2cc(F)c(N3C[C@@H](C)O[C@@H](C)C3)c(F)c2)cc1. The molecule has 5 nitrogen and oxygen atoms in total. The third-order valence-electron chi connectivity index (χ3n) is 5.54. The summed E-state index contributed by atoms with van der Waals surface area (Å²) in [7, 11) is -3.24. The molecule has 32 heavy (non-hydrogen) atoms. The Labute approximate surface area is 188 Å². The first-order chi connectivity index (χ1) is 15.0. The highest BCUT2D eigenvalue weighted by atomic mass is 32.2. The quantitative estimate of drug-likeness (QED) is 0.570. The van der Waals surface area contributed by atoms with Crippen molar-refractivity contribution >= 4 is 21.3 Å². The molecule has 1 aliphatic heterocycles. The van der Waals surface area contributed by atoms with Crippen LogP contribution < -0.4 is 4.90 Å². The third-order valence-corrected chi connectivity index (χ3v) is 7.71. The summed E-state index contributed by atoms with van der Waals surface area (Å²) in [6.45, 7) is 7.72. The fraction of sp³-hybridized carbons (Fsp3) is 0.458. The van der Waals surface area contributed by atoms with Gasteiger partial charge in [-0.3, -0.25) is 4.79 Å². The summed E-state index contributed by atoms with van der Waals surface area (Å²) in [6, 6.07) is 8.68. The lowest BCUT2D eigenvalue weighted by Crippen LogP contribution is -2.46. The van der Waals surface area contributed by atoms with Crippen LogP contribution in [-0.4, -0.2) is 44.7 Å². The Morgan fingerprint density at radius 1 is 1.03 bits per heavy atom. The Balaban J connectivity index is 1.73. The van der Waals surface area contributed by atoms with Gasteiger partial charge in [-0.1, -0.05) is 24.3 Å². The van der Waals surface area contributed by atoms with E-state index in [0.717, 1.165) is 0 Å². The van der Waals surface area contributed by atoms with Crippen molar-refractivity contribution in [3.05, 3.63) is 64.7 Å². The number of benzene rings is 2. The number of hydrogen-bond acceptors (Lipinski definition) is 5. The van der Waals surface area contributed by atoms with E-state index in [0.29, 0.717) is 24.2 Å². The minimum absolute atomic E-state index is 0.0982. The van der Waals surface area contributed by atoms with Crippen LogP contribution in [0.5, 0.6) is 0 Å². The third kappa shape index (κ3) is 5.72. The molecule has 0 aliphatic carbocycles. The number of morpholine rings is 1. The monoisotopic (exact) mass is 465 g/mol. The van der Waals surface area contributed by atoms with Gasteiger partial charge < -0.3 is 9.64 Å². The molecule has 0 bridgehead atoms. The predicted octanol–water partition coefficient (Wildman–Crippen LogP) is 4.33. The largest absolute Gasteiger partial charge is 0.372 e. The van der Waals surface area contributed by atoms with Gasteiger partial charge in [-0.2, -0.15) is 0 Å². The number of carbonyl (C=O) groups excluding carboxylic acids is 1. The van der Waals surface area contributed by atoms with E-state index in [9.17, 15) is 22.0 Å². The number of sulfone groups is 1. The summed E-state index contributed by atoms with van der Waals surface area (Å²) in [5, 5.41) is -0.486. The molecule has 0 N–H and O–H groups in total. The van der Waals surface area contributed by atoms with Crippen LogP contribution in [0.25, 0.3) is 0 Å². The smallest absolute Gasteiger partial charge is 0.167 e. The van der Waals surface area contributed by atoms with Crippen molar-refractivity contribution in [2.45, 2.75) is 57.3 Å². The number of carbonyl (C=O) groups is 1. The molecule has 3 rings (SSSR count). The lowest BCUT2D eigenvalue weighted by atomic mass is 10.0. The van der Waals surface area contributed by atoms with E-state index < -0.39 is 26.7 Å². The van der Waals surface area contributed by atoms with Crippen LogP contribution in [0.15, 0.2) is 36.4 Å². The maximum absolute atomic E-state index is 14.8. The predicted molar refractivity (Wildman–Crippen MR) is 121 cm³/mol. The highest BCUT2D eigenvalue weighted by Gasteiger charge is 2.27. The van der Waals surface area contributed by atoms with Crippen molar-refractivity contribution in [3.63, 3.8) is 0 Å². The zero-order chi connectivity index (χ0) is 23.6. The summed E-state index contributed by atoms with van der Waals surface area (Å²) in [6.07, 6.45) is -0.442. The van der Waals surface area contributed by atoms with Crippen molar-refractivity contribution in [1.29, 1.82) is 0 Å². The average Bonchev–Trinajstić information content (AvgIpc) is 2.66. The van der Waals surface area contributed by atoms with Gasteiger partial charge in [0.05, 0.1) is 23.2 Å². The fourth-order valence-corrected chi connectivity index (χ4v) is 4.85. The van der Waals surface area contributed by atoms with Crippen molar-refractivity contribution in [1.82, 2.24) is 0 Å². The molecule has 1 saturated heterocycles. The van der Waals surface area contributed by atoms with Crippen molar-refractivity contribution in [2.75, 3.05) is 18.0 Å². The second-order valence-electron chi connectivity index (χ2n) is 8.72. The lowest BCUT2D eigenvalue weighted by molar-refractivity contribution is -0.00558. The average molecular weight is 466 g/mol. The molecule has 1 aliphatic rings. The number of anilines is 1. The van der Waals surface area contributed by atoms with Crippen molar-refractivity contribution in [2.24, 2.45) is 0 Å². The maximum atomic E-state index is 14.8. The van der Waals surface area contributed by atoms with Crippen LogP contribution in [0, 0.1) is 11.6 Å². The lowest BCUT2D eigenvalue weighted by Gasteiger charge is -2.37. The number of nitrogens with zero attached hydrogens (tertiary/aromatic N) is 1. The first-order valence-corrected chi connectivity index (χ1v) is 12.4. The molecule has 8 heteroatoms. The van der Waals surface area contributed by atoms with Crippen LogP contribution >= 0.6 is 0 Å². The Bertz CT molecular complexity index is 1050. The summed E-state index contributed by atoms with van der Waals surface area (Å²) < 4.78 is 59.3. The second-order valence-corrected chi connectivity index (χ2v) is 11.3. The molecule has 0 amide bonds. The molecule has 2 aromatic rings. The van der Waals surface area contributed by atoms with Crippen LogP contribution in [0.1, 0.15) is 49.2 Å². The molecule has 1 heterocycles. The number of ether oxygens (including phenoxy) is 1. The zero-order valence-electron chi connectivity index (χ0n) is 18.8. The van der Waals surface area contributed by atoms with Crippen LogP contribution in [0.3, 0.4) is 0 Å². The topological polar surface area (TPSA) is 63.7 Å². The van der Waals surface area contributed by atoms with Gasteiger partial charge in [0, 0.05) is 25.1 Å². The molecule has 0 saturated carbocycles. The second kappa shape index (κ2) is 9.67. The molecular formula is C24H29F2NO4S. The van der Waals surface area contributed by atoms with Gasteiger partial charge >= 0.3 is 0 Å². The highest BCUT2D eigenvalue weighted by molar-refractivity contribution is 7.91. The zero-order valence-corrected chi connectivity index (χ0v) is 19.6. The Morgan fingerprint density at radius 2 is 1.56 bits per heavy atom. The molecule has 0 spiro atoms. The number of ketones is 1. The van der Waals surface area contributed by atoms with Gasteiger partial charge in [0.1, 0.15) is 17.3 Å². The van der Waals surface area contributed by atoms with Gasteiger partial charge in [-0.05, 0) is 51.0 Å². The van der Waals surface area contributed by atoms with Crippen LogP contribution in [0.4, 0.5) is 14.5 Å². The van der Waals surface area contributed by atoms with Gasteiger partial charge in [-0.15, -0.1) is 0 Å². The molecule has 0 radical (unpaired) electrons. The summed E-state index contributed by atoms with van der Waals surface area (Å²) in [5.74, 6) is -1.81. The Morgan fingerprint density at radius 3 is 2.06 bits per heavy atom.